The Kier molecular flexibility index (Phi) is 5.13. The van der Waals surface area contributed by atoms with Crippen LogP contribution in [0.25, 0.3) is 0 Å². The molecule has 138 valence electrons. The predicted octanol–water partition coefficient (Wildman–Crippen LogP) is 3.32. The third-order valence-corrected chi connectivity index (χ3v) is 5.30. The molecule has 0 bridgehead atoms. The van der Waals surface area contributed by atoms with Gasteiger partial charge in [0.2, 0.25) is 5.13 Å². The lowest BCUT2D eigenvalue weighted by atomic mass is 9.98. The van der Waals surface area contributed by atoms with Gasteiger partial charge in [0.25, 0.3) is 5.91 Å². The lowest BCUT2D eigenvalue weighted by molar-refractivity contribution is 0.102. The Morgan fingerprint density at radius 2 is 2.11 bits per heavy atom. The largest absolute Gasteiger partial charge is 0.486 e. The van der Waals surface area contributed by atoms with Crippen molar-refractivity contribution in [3.63, 3.8) is 0 Å². The van der Waals surface area contributed by atoms with Crippen LogP contribution < -0.4 is 15.4 Å². The van der Waals surface area contributed by atoms with Gasteiger partial charge in [0.05, 0.1) is 0 Å². The lowest BCUT2D eigenvalue weighted by Crippen LogP contribution is -2.24. The number of carbonyl (C=O) groups is 1. The van der Waals surface area contributed by atoms with E-state index in [1.54, 1.807) is 0 Å². The molecule has 27 heavy (non-hydrogen) atoms. The highest BCUT2D eigenvalue weighted by Crippen LogP contribution is 2.22. The van der Waals surface area contributed by atoms with E-state index >= 15 is 0 Å². The summed E-state index contributed by atoms with van der Waals surface area (Å²) >= 11 is 1.32. The van der Waals surface area contributed by atoms with Gasteiger partial charge in [-0.25, -0.2) is 0 Å². The summed E-state index contributed by atoms with van der Waals surface area (Å²) in [5.41, 5.74) is 4.19. The number of aryl methyl sites for hydroxylation is 1. The van der Waals surface area contributed by atoms with Crippen LogP contribution in [0.4, 0.5) is 5.13 Å². The van der Waals surface area contributed by atoms with Crippen LogP contribution >= 0.6 is 11.3 Å². The van der Waals surface area contributed by atoms with E-state index in [-0.39, 0.29) is 5.91 Å². The number of benzene rings is 2. The molecule has 0 saturated carbocycles. The zero-order valence-electron chi connectivity index (χ0n) is 15.0. The molecule has 0 aliphatic carbocycles. The normalized spacial score (nSPS) is 13.1. The summed E-state index contributed by atoms with van der Waals surface area (Å²) in [4.78, 5) is 12.5. The Hall–Kier alpha value is -2.77. The number of nitrogens with zero attached hydrogens (tertiary/aromatic N) is 2. The third-order valence-electron chi connectivity index (χ3n) is 4.49. The molecule has 7 heteroatoms. The fourth-order valence-electron chi connectivity index (χ4n) is 3.01. The number of carbonyl (C=O) groups excluding carboxylic acids is 1. The lowest BCUT2D eigenvalue weighted by Gasteiger charge is -2.17. The summed E-state index contributed by atoms with van der Waals surface area (Å²) in [7, 11) is 0. The number of fused-ring (bicyclic) bond motifs is 1. The summed E-state index contributed by atoms with van der Waals surface area (Å²) in [6.45, 7) is 4.12. The van der Waals surface area contributed by atoms with Gasteiger partial charge in [0.15, 0.2) is 5.01 Å². The van der Waals surface area contributed by atoms with Crippen LogP contribution in [0, 0.1) is 6.92 Å². The number of anilines is 1. The van der Waals surface area contributed by atoms with Gasteiger partial charge in [-0.05, 0) is 54.8 Å². The zero-order valence-corrected chi connectivity index (χ0v) is 15.8. The molecule has 1 aliphatic rings. The molecule has 0 spiro atoms. The molecule has 0 unspecified atom stereocenters. The number of rotatable bonds is 5. The van der Waals surface area contributed by atoms with Crippen molar-refractivity contribution in [2.24, 2.45) is 0 Å². The van der Waals surface area contributed by atoms with Crippen molar-refractivity contribution < 1.29 is 9.53 Å². The Morgan fingerprint density at radius 3 is 3.00 bits per heavy atom. The van der Waals surface area contributed by atoms with Crippen LogP contribution in [0.2, 0.25) is 0 Å². The maximum Gasteiger partial charge on any atom is 0.257 e. The minimum atomic E-state index is -0.168. The number of hydrogen-bond donors (Lipinski definition) is 2. The first-order valence-electron chi connectivity index (χ1n) is 8.84. The van der Waals surface area contributed by atoms with E-state index in [0.29, 0.717) is 22.3 Å². The molecular weight excluding hydrogens is 360 g/mol. The van der Waals surface area contributed by atoms with Gasteiger partial charge in [-0.3, -0.25) is 10.1 Å². The van der Waals surface area contributed by atoms with E-state index < -0.39 is 0 Å². The number of aromatic nitrogens is 2. The highest BCUT2D eigenvalue weighted by Gasteiger charge is 2.14. The molecule has 0 saturated heterocycles. The summed E-state index contributed by atoms with van der Waals surface area (Å²) in [6.07, 6.45) is 0.940. The van der Waals surface area contributed by atoms with Crippen LogP contribution in [-0.2, 0) is 19.6 Å². The first kappa shape index (κ1) is 17.6. The van der Waals surface area contributed by atoms with Crippen LogP contribution in [0.3, 0.4) is 0 Å². The van der Waals surface area contributed by atoms with Crippen molar-refractivity contribution >= 4 is 22.4 Å². The molecule has 2 heterocycles. The van der Waals surface area contributed by atoms with Gasteiger partial charge in [-0.2, -0.15) is 0 Å². The first-order chi connectivity index (χ1) is 13.2. The Morgan fingerprint density at radius 1 is 1.22 bits per heavy atom. The van der Waals surface area contributed by atoms with E-state index in [1.807, 2.05) is 49.4 Å². The van der Waals surface area contributed by atoms with Crippen LogP contribution in [0.1, 0.15) is 32.1 Å². The van der Waals surface area contributed by atoms with E-state index in [9.17, 15) is 4.79 Å². The third kappa shape index (κ3) is 4.15. The molecule has 6 nitrogen and oxygen atoms in total. The number of ether oxygens (including phenoxy) is 1. The Balaban J connectivity index is 1.39. The average molecular weight is 380 g/mol. The molecule has 1 amide bonds. The number of nitrogens with one attached hydrogen (secondary N) is 2. The molecule has 4 rings (SSSR count). The monoisotopic (exact) mass is 380 g/mol. The molecule has 2 N–H and O–H groups in total. The summed E-state index contributed by atoms with van der Waals surface area (Å²) < 4.78 is 5.78. The van der Waals surface area contributed by atoms with Crippen LogP contribution in [0.5, 0.6) is 5.75 Å². The first-order valence-corrected chi connectivity index (χ1v) is 9.65. The Bertz CT molecular complexity index is 970. The molecular formula is C20H20N4O2S. The molecule has 2 aromatic carbocycles. The Labute approximate surface area is 161 Å². The predicted molar refractivity (Wildman–Crippen MR) is 105 cm³/mol. The quantitative estimate of drug-likeness (QED) is 0.710. The van der Waals surface area contributed by atoms with Gasteiger partial charge in [0.1, 0.15) is 12.4 Å². The number of amides is 1. The van der Waals surface area contributed by atoms with E-state index in [1.165, 1.54) is 22.5 Å². The van der Waals surface area contributed by atoms with E-state index in [0.717, 1.165) is 30.8 Å². The zero-order chi connectivity index (χ0) is 18.6. The fraction of sp³-hybridized carbons (Fsp3) is 0.250. The number of para-hydroxylation sites is 1. The second-order valence-electron chi connectivity index (χ2n) is 6.42. The molecule has 0 atom stereocenters. The van der Waals surface area contributed by atoms with Crippen molar-refractivity contribution in [1.29, 1.82) is 0 Å². The van der Waals surface area contributed by atoms with E-state index in [2.05, 4.69) is 20.8 Å². The van der Waals surface area contributed by atoms with E-state index in [4.69, 9.17) is 4.74 Å². The van der Waals surface area contributed by atoms with Crippen molar-refractivity contribution in [3.05, 3.63) is 69.7 Å². The minimum Gasteiger partial charge on any atom is -0.486 e. The summed E-state index contributed by atoms with van der Waals surface area (Å²) in [6, 6.07) is 13.7. The summed E-state index contributed by atoms with van der Waals surface area (Å²) in [5, 5.41) is 15.5. The standard InChI is InChI=1S/C20H20N4O2S/c1-13-4-2-3-5-17(13)26-12-18-23-24-20(27-18)22-19(25)15-6-7-16-11-21-9-8-14(16)10-15/h2-7,10,21H,8-9,11-12H2,1H3,(H,22,24,25). The smallest absolute Gasteiger partial charge is 0.257 e. The average Bonchev–Trinajstić information content (AvgIpc) is 3.14. The number of hydrogen-bond acceptors (Lipinski definition) is 6. The highest BCUT2D eigenvalue weighted by atomic mass is 32.1. The molecule has 0 radical (unpaired) electrons. The van der Waals surface area contributed by atoms with Crippen LogP contribution in [0.15, 0.2) is 42.5 Å². The maximum absolute atomic E-state index is 12.5. The van der Waals surface area contributed by atoms with Crippen molar-refractivity contribution in [2.75, 3.05) is 11.9 Å². The topological polar surface area (TPSA) is 76.1 Å². The second kappa shape index (κ2) is 7.85. The van der Waals surface area contributed by atoms with Gasteiger partial charge < -0.3 is 10.1 Å². The van der Waals surface area contributed by atoms with Gasteiger partial charge in [-0.1, -0.05) is 35.6 Å². The van der Waals surface area contributed by atoms with Gasteiger partial charge in [-0.15, -0.1) is 10.2 Å². The minimum absolute atomic E-state index is 0.168. The second-order valence-corrected chi connectivity index (χ2v) is 7.48. The fourth-order valence-corrected chi connectivity index (χ4v) is 3.66. The molecule has 1 aromatic heterocycles. The van der Waals surface area contributed by atoms with Gasteiger partial charge >= 0.3 is 0 Å². The SMILES string of the molecule is Cc1ccccc1OCc1nnc(NC(=O)c2ccc3c(c2)CCNC3)s1. The molecule has 1 aliphatic heterocycles. The highest BCUT2D eigenvalue weighted by molar-refractivity contribution is 7.15. The van der Waals surface area contributed by atoms with Crippen molar-refractivity contribution in [2.45, 2.75) is 26.5 Å². The summed E-state index contributed by atoms with van der Waals surface area (Å²) in [5.74, 6) is 0.653. The van der Waals surface area contributed by atoms with Gasteiger partial charge in [0, 0.05) is 12.1 Å². The van der Waals surface area contributed by atoms with Crippen molar-refractivity contribution in [1.82, 2.24) is 15.5 Å². The molecule has 3 aromatic rings. The van der Waals surface area contributed by atoms with Crippen LogP contribution in [-0.4, -0.2) is 22.6 Å². The molecule has 0 fully saturated rings. The van der Waals surface area contributed by atoms with Crippen molar-refractivity contribution in [3.8, 4) is 5.75 Å². The maximum atomic E-state index is 12.5.